The highest BCUT2D eigenvalue weighted by atomic mass is 16.1. The van der Waals surface area contributed by atoms with E-state index >= 15 is 0 Å². The van der Waals surface area contributed by atoms with Gasteiger partial charge in [-0.2, -0.15) is 0 Å². The zero-order valence-corrected chi connectivity index (χ0v) is 8.02. The number of Topliss-reactive ketones (excluding diaryl/α,β-unsaturated/α-hetero) is 1. The van der Waals surface area contributed by atoms with Crippen molar-refractivity contribution < 1.29 is 4.79 Å². The molecule has 1 heterocycles. The summed E-state index contributed by atoms with van der Waals surface area (Å²) in [5.74, 6) is 0.178. The van der Waals surface area contributed by atoms with Crippen molar-refractivity contribution in [3.63, 3.8) is 0 Å². The Kier molecular flexibility index (Phi) is 2.61. The molecule has 1 aromatic rings. The van der Waals surface area contributed by atoms with Gasteiger partial charge < -0.3 is 5.73 Å². The summed E-state index contributed by atoms with van der Waals surface area (Å²) in [6.45, 7) is 2.19. The molecule has 0 aromatic heterocycles. The fourth-order valence-electron chi connectivity index (χ4n) is 1.66. The molecule has 0 radical (unpaired) electrons. The first-order valence-electron chi connectivity index (χ1n) is 4.82. The Morgan fingerprint density at radius 2 is 2.00 bits per heavy atom. The van der Waals surface area contributed by atoms with Gasteiger partial charge in [0.25, 0.3) is 0 Å². The van der Waals surface area contributed by atoms with Crippen molar-refractivity contribution in [3.8, 4) is 0 Å². The van der Waals surface area contributed by atoms with Crippen LogP contribution >= 0.6 is 0 Å². The number of benzene rings is 1. The maximum atomic E-state index is 11.7. The summed E-state index contributed by atoms with van der Waals surface area (Å²) in [5, 5.41) is 0. The van der Waals surface area contributed by atoms with E-state index in [2.05, 4.69) is 4.90 Å². The van der Waals surface area contributed by atoms with Crippen molar-refractivity contribution >= 4 is 5.78 Å². The number of likely N-dealkylation sites (tertiary alicyclic amines) is 1. The van der Waals surface area contributed by atoms with Gasteiger partial charge in [-0.05, 0) is 0 Å². The standard InChI is InChI=1S/C11H14N2O/c12-10-6-13(7-10)8-11(14)9-4-2-1-3-5-9/h1-5,10H,6-8,12H2. The molecule has 2 N–H and O–H groups in total. The second-order valence-electron chi connectivity index (χ2n) is 3.74. The van der Waals surface area contributed by atoms with Gasteiger partial charge in [-0.1, -0.05) is 30.3 Å². The van der Waals surface area contributed by atoms with Gasteiger partial charge in [0.2, 0.25) is 0 Å². The third-order valence-corrected chi connectivity index (χ3v) is 2.45. The molecule has 74 valence electrons. The zero-order chi connectivity index (χ0) is 9.97. The van der Waals surface area contributed by atoms with Crippen molar-refractivity contribution in [1.82, 2.24) is 4.90 Å². The fourth-order valence-corrected chi connectivity index (χ4v) is 1.66. The Bertz CT molecular complexity index is 317. The number of carbonyl (C=O) groups excluding carboxylic acids is 1. The van der Waals surface area contributed by atoms with E-state index < -0.39 is 0 Å². The average molecular weight is 190 g/mol. The van der Waals surface area contributed by atoms with Gasteiger partial charge in [0.1, 0.15) is 0 Å². The molecule has 0 aliphatic carbocycles. The van der Waals surface area contributed by atoms with Crippen LogP contribution in [0.2, 0.25) is 0 Å². The van der Waals surface area contributed by atoms with Gasteiger partial charge >= 0.3 is 0 Å². The molecular weight excluding hydrogens is 176 g/mol. The summed E-state index contributed by atoms with van der Waals surface area (Å²) in [4.78, 5) is 13.7. The lowest BCUT2D eigenvalue weighted by Gasteiger charge is -2.36. The van der Waals surface area contributed by atoms with Crippen LogP contribution in [0.5, 0.6) is 0 Å². The quantitative estimate of drug-likeness (QED) is 0.706. The minimum Gasteiger partial charge on any atom is -0.325 e. The van der Waals surface area contributed by atoms with Crippen molar-refractivity contribution in [2.45, 2.75) is 6.04 Å². The Balaban J connectivity index is 1.90. The molecular formula is C11H14N2O. The normalized spacial score (nSPS) is 17.8. The molecule has 0 bridgehead atoms. The SMILES string of the molecule is NC1CN(CC(=O)c2ccccc2)C1. The second kappa shape index (κ2) is 3.90. The van der Waals surface area contributed by atoms with E-state index in [9.17, 15) is 4.79 Å². The molecule has 0 amide bonds. The topological polar surface area (TPSA) is 46.3 Å². The molecule has 14 heavy (non-hydrogen) atoms. The summed E-state index contributed by atoms with van der Waals surface area (Å²) in [6.07, 6.45) is 0. The van der Waals surface area contributed by atoms with E-state index in [1.54, 1.807) is 0 Å². The molecule has 0 saturated carbocycles. The molecule has 1 aliphatic rings. The van der Waals surface area contributed by atoms with E-state index in [1.807, 2.05) is 30.3 Å². The van der Waals surface area contributed by atoms with E-state index in [1.165, 1.54) is 0 Å². The number of nitrogens with two attached hydrogens (primary N) is 1. The van der Waals surface area contributed by atoms with E-state index in [-0.39, 0.29) is 11.8 Å². The number of hydrogen-bond donors (Lipinski definition) is 1. The van der Waals surface area contributed by atoms with Crippen LogP contribution in [0.4, 0.5) is 0 Å². The van der Waals surface area contributed by atoms with Gasteiger partial charge in [-0.15, -0.1) is 0 Å². The van der Waals surface area contributed by atoms with Crippen LogP contribution in [0.25, 0.3) is 0 Å². The maximum Gasteiger partial charge on any atom is 0.176 e. The highest BCUT2D eigenvalue weighted by Gasteiger charge is 2.24. The van der Waals surface area contributed by atoms with Crippen LogP contribution in [0.15, 0.2) is 30.3 Å². The second-order valence-corrected chi connectivity index (χ2v) is 3.74. The summed E-state index contributed by atoms with van der Waals surface area (Å²) in [5.41, 5.74) is 6.42. The lowest BCUT2D eigenvalue weighted by atomic mass is 10.1. The highest BCUT2D eigenvalue weighted by Crippen LogP contribution is 2.07. The van der Waals surface area contributed by atoms with E-state index in [0.717, 1.165) is 18.7 Å². The summed E-state index contributed by atoms with van der Waals surface area (Å²) >= 11 is 0. The van der Waals surface area contributed by atoms with Gasteiger partial charge in [0.15, 0.2) is 5.78 Å². The summed E-state index contributed by atoms with van der Waals surface area (Å²) < 4.78 is 0. The average Bonchev–Trinajstić information content (AvgIpc) is 2.17. The molecule has 1 aromatic carbocycles. The van der Waals surface area contributed by atoms with Crippen LogP contribution in [0, 0.1) is 0 Å². The molecule has 1 saturated heterocycles. The Morgan fingerprint density at radius 3 is 2.57 bits per heavy atom. The smallest absolute Gasteiger partial charge is 0.176 e. The fraction of sp³-hybridized carbons (Fsp3) is 0.364. The van der Waals surface area contributed by atoms with Gasteiger partial charge in [0, 0.05) is 24.7 Å². The zero-order valence-electron chi connectivity index (χ0n) is 8.02. The molecule has 0 spiro atoms. The highest BCUT2D eigenvalue weighted by molar-refractivity contribution is 5.97. The van der Waals surface area contributed by atoms with Crippen LogP contribution in [-0.4, -0.2) is 36.4 Å². The van der Waals surface area contributed by atoms with Crippen LogP contribution in [-0.2, 0) is 0 Å². The predicted octanol–water partition coefficient (Wildman–Crippen LogP) is 0.512. The monoisotopic (exact) mass is 190 g/mol. The summed E-state index contributed by atoms with van der Waals surface area (Å²) in [6, 6.07) is 9.64. The third-order valence-electron chi connectivity index (χ3n) is 2.45. The first kappa shape index (κ1) is 9.37. The molecule has 1 aliphatic heterocycles. The summed E-state index contributed by atoms with van der Waals surface area (Å²) in [7, 11) is 0. The lowest BCUT2D eigenvalue weighted by Crippen LogP contribution is -2.56. The Labute approximate surface area is 83.5 Å². The molecule has 3 nitrogen and oxygen atoms in total. The first-order valence-corrected chi connectivity index (χ1v) is 4.82. The van der Waals surface area contributed by atoms with Crippen molar-refractivity contribution in [1.29, 1.82) is 0 Å². The van der Waals surface area contributed by atoms with Crippen molar-refractivity contribution in [3.05, 3.63) is 35.9 Å². The number of carbonyl (C=O) groups is 1. The van der Waals surface area contributed by atoms with E-state index in [0.29, 0.717) is 6.54 Å². The third kappa shape index (κ3) is 2.00. The lowest BCUT2D eigenvalue weighted by molar-refractivity contribution is 0.0843. The molecule has 1 fully saturated rings. The predicted molar refractivity (Wildman–Crippen MR) is 55.2 cm³/mol. The molecule has 3 heteroatoms. The van der Waals surface area contributed by atoms with Gasteiger partial charge in [0.05, 0.1) is 6.54 Å². The molecule has 0 atom stereocenters. The minimum absolute atomic E-state index is 0.178. The first-order chi connectivity index (χ1) is 6.75. The minimum atomic E-state index is 0.178. The number of ketones is 1. The van der Waals surface area contributed by atoms with E-state index in [4.69, 9.17) is 5.73 Å². The Morgan fingerprint density at radius 1 is 1.36 bits per heavy atom. The van der Waals surface area contributed by atoms with Crippen molar-refractivity contribution in [2.75, 3.05) is 19.6 Å². The van der Waals surface area contributed by atoms with Crippen LogP contribution < -0.4 is 5.73 Å². The largest absolute Gasteiger partial charge is 0.325 e. The van der Waals surface area contributed by atoms with Gasteiger partial charge in [-0.3, -0.25) is 9.69 Å². The van der Waals surface area contributed by atoms with Crippen LogP contribution in [0.1, 0.15) is 10.4 Å². The van der Waals surface area contributed by atoms with Crippen LogP contribution in [0.3, 0.4) is 0 Å². The number of hydrogen-bond acceptors (Lipinski definition) is 3. The molecule has 2 rings (SSSR count). The maximum absolute atomic E-state index is 11.7. The van der Waals surface area contributed by atoms with Gasteiger partial charge in [-0.25, -0.2) is 0 Å². The Hall–Kier alpha value is -1.19. The van der Waals surface area contributed by atoms with Crippen molar-refractivity contribution in [2.24, 2.45) is 5.73 Å². The number of nitrogens with zero attached hydrogens (tertiary/aromatic N) is 1. The number of rotatable bonds is 3. The molecule has 0 unspecified atom stereocenters.